The van der Waals surface area contributed by atoms with E-state index in [4.69, 9.17) is 4.98 Å². The van der Waals surface area contributed by atoms with Crippen LogP contribution in [0.15, 0.2) is 60.7 Å². The largest absolute Gasteiger partial charge is 0.292 e. The molecule has 0 amide bonds. The van der Waals surface area contributed by atoms with Crippen LogP contribution in [0.5, 0.6) is 0 Å². The van der Waals surface area contributed by atoms with E-state index >= 15 is 0 Å². The Labute approximate surface area is 173 Å². The van der Waals surface area contributed by atoms with Crippen molar-refractivity contribution in [1.82, 2.24) is 9.55 Å². The van der Waals surface area contributed by atoms with Gasteiger partial charge in [0.1, 0.15) is 5.82 Å². The number of benzene rings is 3. The quantitative estimate of drug-likeness (QED) is 0.354. The van der Waals surface area contributed by atoms with Crippen molar-refractivity contribution in [1.29, 1.82) is 0 Å². The Morgan fingerprint density at radius 3 is 2.31 bits per heavy atom. The molecule has 1 unspecified atom stereocenters. The van der Waals surface area contributed by atoms with Crippen molar-refractivity contribution < 1.29 is 0 Å². The van der Waals surface area contributed by atoms with E-state index in [1.165, 1.54) is 39.0 Å². The van der Waals surface area contributed by atoms with Crippen LogP contribution in [0.4, 0.5) is 0 Å². The van der Waals surface area contributed by atoms with Crippen molar-refractivity contribution in [2.24, 2.45) is 0 Å². The number of hydrogen-bond acceptors (Lipinski definition) is 1. The van der Waals surface area contributed by atoms with Crippen LogP contribution in [0.25, 0.3) is 28.1 Å². The molecule has 29 heavy (non-hydrogen) atoms. The van der Waals surface area contributed by atoms with Crippen molar-refractivity contribution in [3.63, 3.8) is 0 Å². The van der Waals surface area contributed by atoms with Gasteiger partial charge in [-0.05, 0) is 46.2 Å². The smallest absolute Gasteiger partial charge is 0.146 e. The second-order valence-corrected chi connectivity index (χ2v) is 8.93. The normalized spacial score (nSPS) is 15.3. The zero-order chi connectivity index (χ0) is 20.3. The first-order chi connectivity index (χ1) is 14.0. The molecule has 5 rings (SSSR count). The fraction of sp³-hybridized carbons (Fsp3) is 0.296. The Hall–Kier alpha value is -2.87. The van der Waals surface area contributed by atoms with Gasteiger partial charge in [0.05, 0.1) is 16.7 Å². The highest BCUT2D eigenvalue weighted by molar-refractivity contribution is 5.86. The lowest BCUT2D eigenvalue weighted by Crippen LogP contribution is -2.09. The fourth-order valence-electron chi connectivity index (χ4n) is 4.74. The van der Waals surface area contributed by atoms with Gasteiger partial charge in [-0.15, -0.1) is 0 Å². The Balaban J connectivity index is 2.00. The van der Waals surface area contributed by atoms with E-state index in [0.717, 1.165) is 11.3 Å². The molecule has 146 valence electrons. The van der Waals surface area contributed by atoms with Gasteiger partial charge in [0, 0.05) is 11.5 Å². The molecule has 1 aromatic heterocycles. The van der Waals surface area contributed by atoms with E-state index in [9.17, 15) is 0 Å². The molecule has 0 bridgehead atoms. The van der Waals surface area contributed by atoms with Crippen LogP contribution >= 0.6 is 0 Å². The summed E-state index contributed by atoms with van der Waals surface area (Å²) in [6.07, 6.45) is 0. The number of hydrogen-bond donors (Lipinski definition) is 0. The SMILES string of the molecule is CC(C)c1cc(C(C)C)c2c(c1)C(C)c1ccccc1-c1nc3ccccc3n1-2. The van der Waals surface area contributed by atoms with Crippen molar-refractivity contribution in [3.05, 3.63) is 82.9 Å². The molecule has 1 aliphatic heterocycles. The summed E-state index contributed by atoms with van der Waals surface area (Å²) in [5.74, 6) is 2.32. The third-order valence-corrected chi connectivity index (χ3v) is 6.40. The number of imidazole rings is 1. The number of rotatable bonds is 2. The van der Waals surface area contributed by atoms with Crippen LogP contribution in [0.2, 0.25) is 0 Å². The first kappa shape index (κ1) is 18.2. The van der Waals surface area contributed by atoms with Crippen LogP contribution < -0.4 is 0 Å². The molecule has 0 aliphatic carbocycles. The minimum atomic E-state index is 0.317. The zero-order valence-electron chi connectivity index (χ0n) is 17.9. The molecule has 4 aromatic rings. The van der Waals surface area contributed by atoms with Gasteiger partial charge >= 0.3 is 0 Å². The number of nitrogens with zero attached hydrogens (tertiary/aromatic N) is 2. The van der Waals surface area contributed by atoms with Crippen molar-refractivity contribution in [2.45, 2.75) is 52.4 Å². The monoisotopic (exact) mass is 380 g/mol. The Kier molecular flexibility index (Phi) is 4.13. The van der Waals surface area contributed by atoms with Crippen LogP contribution in [0.3, 0.4) is 0 Å². The predicted octanol–water partition coefficient (Wildman–Crippen LogP) is 7.40. The molecule has 0 fully saturated rings. The van der Waals surface area contributed by atoms with E-state index in [2.05, 4.69) is 99.8 Å². The number of para-hydroxylation sites is 2. The molecule has 1 atom stereocenters. The molecule has 1 aliphatic rings. The standard InChI is InChI=1S/C27H28N2/c1-16(2)19-14-22(17(3)4)26-23(15-19)18(5)20-10-6-7-11-21(20)27-28-24-12-8-9-13-25(24)29(26)27/h6-18H,1-5H3. The summed E-state index contributed by atoms with van der Waals surface area (Å²) in [5.41, 5.74) is 10.4. The topological polar surface area (TPSA) is 17.8 Å². The van der Waals surface area contributed by atoms with E-state index in [1.807, 2.05) is 0 Å². The first-order valence-corrected chi connectivity index (χ1v) is 10.7. The highest BCUT2D eigenvalue weighted by Gasteiger charge is 2.30. The zero-order valence-corrected chi connectivity index (χ0v) is 17.9. The molecular weight excluding hydrogens is 352 g/mol. The van der Waals surface area contributed by atoms with E-state index in [-0.39, 0.29) is 0 Å². The van der Waals surface area contributed by atoms with Crippen molar-refractivity contribution >= 4 is 11.0 Å². The summed E-state index contributed by atoms with van der Waals surface area (Å²) in [6, 6.07) is 22.2. The van der Waals surface area contributed by atoms with Crippen molar-refractivity contribution in [3.8, 4) is 17.1 Å². The molecule has 0 radical (unpaired) electrons. The lowest BCUT2D eigenvalue weighted by atomic mass is 9.84. The second kappa shape index (κ2) is 6.59. The van der Waals surface area contributed by atoms with Gasteiger partial charge in [-0.3, -0.25) is 4.57 Å². The van der Waals surface area contributed by atoms with Crippen LogP contribution in [-0.2, 0) is 0 Å². The third kappa shape index (κ3) is 2.66. The fourth-order valence-corrected chi connectivity index (χ4v) is 4.74. The van der Waals surface area contributed by atoms with E-state index in [0.29, 0.717) is 17.8 Å². The number of fused-ring (bicyclic) bond motifs is 7. The summed E-state index contributed by atoms with van der Waals surface area (Å²) >= 11 is 0. The molecule has 3 aromatic carbocycles. The molecule has 0 N–H and O–H groups in total. The minimum Gasteiger partial charge on any atom is -0.292 e. The Bertz CT molecular complexity index is 1230. The highest BCUT2D eigenvalue weighted by Crippen LogP contribution is 2.45. The highest BCUT2D eigenvalue weighted by atomic mass is 15.1. The van der Waals surface area contributed by atoms with Gasteiger partial charge in [0.15, 0.2) is 0 Å². The minimum absolute atomic E-state index is 0.317. The van der Waals surface area contributed by atoms with Gasteiger partial charge in [-0.25, -0.2) is 4.98 Å². The second-order valence-electron chi connectivity index (χ2n) is 8.93. The summed E-state index contributed by atoms with van der Waals surface area (Å²) in [6.45, 7) is 11.5. The average Bonchev–Trinajstić information content (AvgIpc) is 3.06. The average molecular weight is 381 g/mol. The Morgan fingerprint density at radius 2 is 1.55 bits per heavy atom. The maximum atomic E-state index is 5.11. The van der Waals surface area contributed by atoms with Gasteiger partial charge in [-0.1, -0.05) is 83.1 Å². The maximum Gasteiger partial charge on any atom is 0.146 e. The summed E-state index contributed by atoms with van der Waals surface area (Å²) in [4.78, 5) is 5.11. The molecule has 0 spiro atoms. The Morgan fingerprint density at radius 1 is 0.828 bits per heavy atom. The van der Waals surface area contributed by atoms with Crippen LogP contribution in [0, 0.1) is 0 Å². The molecule has 0 saturated carbocycles. The van der Waals surface area contributed by atoms with Crippen LogP contribution in [-0.4, -0.2) is 9.55 Å². The van der Waals surface area contributed by atoms with E-state index < -0.39 is 0 Å². The lowest BCUT2D eigenvalue weighted by molar-refractivity contribution is 0.806. The van der Waals surface area contributed by atoms with Gasteiger partial charge in [-0.2, -0.15) is 0 Å². The van der Waals surface area contributed by atoms with E-state index in [1.54, 1.807) is 0 Å². The van der Waals surface area contributed by atoms with Gasteiger partial charge < -0.3 is 0 Å². The summed E-state index contributed by atoms with van der Waals surface area (Å²) < 4.78 is 2.42. The van der Waals surface area contributed by atoms with Crippen molar-refractivity contribution in [2.75, 3.05) is 0 Å². The molecule has 0 saturated heterocycles. The maximum absolute atomic E-state index is 5.11. The summed E-state index contributed by atoms with van der Waals surface area (Å²) in [7, 11) is 0. The summed E-state index contributed by atoms with van der Waals surface area (Å²) in [5, 5.41) is 0. The molecule has 2 heterocycles. The molecule has 2 nitrogen and oxygen atoms in total. The van der Waals surface area contributed by atoms with Gasteiger partial charge in [0.25, 0.3) is 0 Å². The lowest BCUT2D eigenvalue weighted by Gasteiger charge is -2.24. The predicted molar refractivity (Wildman–Crippen MR) is 122 cm³/mol. The molecule has 2 heteroatoms. The molecular formula is C27H28N2. The first-order valence-electron chi connectivity index (χ1n) is 10.7. The third-order valence-electron chi connectivity index (χ3n) is 6.40. The van der Waals surface area contributed by atoms with Crippen LogP contribution in [0.1, 0.15) is 74.6 Å². The number of aromatic nitrogens is 2. The van der Waals surface area contributed by atoms with Gasteiger partial charge in [0.2, 0.25) is 0 Å².